The quantitative estimate of drug-likeness (QED) is 0.422. The summed E-state index contributed by atoms with van der Waals surface area (Å²) >= 11 is 0. The molecule has 2 N–H and O–H groups in total. The van der Waals surface area contributed by atoms with Crippen molar-refractivity contribution in [3.63, 3.8) is 0 Å². The third-order valence-corrected chi connectivity index (χ3v) is 6.76. The number of nitrogens with zero attached hydrogens (tertiary/aromatic N) is 7. The van der Waals surface area contributed by atoms with E-state index in [-0.39, 0.29) is 29.4 Å². The van der Waals surface area contributed by atoms with E-state index in [0.717, 1.165) is 12.3 Å². The number of nitrogens with one attached hydrogen (secondary N) is 2. The molecule has 2 aliphatic heterocycles. The van der Waals surface area contributed by atoms with Gasteiger partial charge in [0.05, 0.1) is 17.8 Å². The van der Waals surface area contributed by atoms with Gasteiger partial charge >= 0.3 is 6.18 Å². The Bertz CT molecular complexity index is 1420. The number of imidazole rings is 1. The number of carbonyl (C=O) groups is 1. The molecule has 192 valence electrons. The molecule has 0 aliphatic carbocycles. The molecule has 14 heteroatoms. The normalized spacial score (nSPS) is 19.2. The van der Waals surface area contributed by atoms with E-state index in [1.165, 1.54) is 29.3 Å². The van der Waals surface area contributed by atoms with Crippen LogP contribution in [0, 0.1) is 5.92 Å². The lowest BCUT2D eigenvalue weighted by Gasteiger charge is -2.44. The number of rotatable bonds is 4. The fraction of sp³-hybridized carbons (Fsp3) is 0.348. The van der Waals surface area contributed by atoms with Gasteiger partial charge < -0.3 is 14.2 Å². The van der Waals surface area contributed by atoms with Crippen LogP contribution in [0.15, 0.2) is 53.9 Å². The van der Waals surface area contributed by atoms with Gasteiger partial charge in [0.2, 0.25) is 0 Å². The second-order valence-electron chi connectivity index (χ2n) is 8.93. The fourth-order valence-corrected chi connectivity index (χ4v) is 4.85. The van der Waals surface area contributed by atoms with E-state index in [2.05, 4.69) is 35.7 Å². The molecule has 1 atom stereocenters. The molecule has 4 aromatic rings. The van der Waals surface area contributed by atoms with Gasteiger partial charge in [0.15, 0.2) is 17.9 Å². The molecule has 11 nitrogen and oxygen atoms in total. The Morgan fingerprint density at radius 1 is 1.08 bits per heavy atom. The van der Waals surface area contributed by atoms with Gasteiger partial charge in [-0.25, -0.2) is 19.9 Å². The Hall–Kier alpha value is -4.04. The van der Waals surface area contributed by atoms with Gasteiger partial charge in [-0.15, -0.1) is 0 Å². The minimum atomic E-state index is -4.49. The van der Waals surface area contributed by atoms with Gasteiger partial charge in [-0.05, 0) is 18.2 Å². The maximum atomic E-state index is 13.3. The summed E-state index contributed by atoms with van der Waals surface area (Å²) in [5.74, 6) is 0.829. The summed E-state index contributed by atoms with van der Waals surface area (Å²) in [7, 11) is 0. The molecule has 1 amide bonds. The van der Waals surface area contributed by atoms with Crippen LogP contribution in [0.25, 0.3) is 17.2 Å². The number of halogens is 3. The van der Waals surface area contributed by atoms with Crippen molar-refractivity contribution < 1.29 is 22.4 Å². The average molecular weight is 513 g/mol. The highest BCUT2D eigenvalue weighted by molar-refractivity contribution is 5.92. The van der Waals surface area contributed by atoms with Gasteiger partial charge in [0.25, 0.3) is 5.91 Å². The van der Waals surface area contributed by atoms with Crippen molar-refractivity contribution in [1.29, 1.82) is 0 Å². The molecule has 0 bridgehead atoms. The Kier molecular flexibility index (Phi) is 5.76. The number of aromatic nitrogens is 5. The van der Waals surface area contributed by atoms with Crippen molar-refractivity contribution >= 4 is 17.4 Å². The molecule has 0 spiro atoms. The molecular formula is C23H22F3N9O2. The smallest absolute Gasteiger partial charge is 0.417 e. The molecule has 37 heavy (non-hydrogen) atoms. The van der Waals surface area contributed by atoms with Crippen molar-refractivity contribution in [2.24, 2.45) is 5.92 Å². The highest BCUT2D eigenvalue weighted by atomic mass is 19.4. The number of carbonyl (C=O) groups excluding carboxylic acids is 1. The van der Waals surface area contributed by atoms with Crippen LogP contribution >= 0.6 is 0 Å². The first-order valence-corrected chi connectivity index (χ1v) is 11.7. The Balaban J connectivity index is 1.30. The number of pyridine rings is 1. The van der Waals surface area contributed by atoms with Crippen LogP contribution in [0.5, 0.6) is 0 Å². The standard InChI is InChI=1S/C23H22F3N9O2/c24-23(25,26)15-1-2-19-28-9-17(35(19)10-15)21-27-4-3-20(32-21)33-5-6-34(22(36)16-12-37-13-29-16)18(11-33)14-7-30-31-8-14/h1-4,9-10,12-14,18,30-31H,5-8,11H2. The van der Waals surface area contributed by atoms with Gasteiger partial charge in [0.1, 0.15) is 23.4 Å². The third kappa shape index (κ3) is 4.38. The lowest BCUT2D eigenvalue weighted by atomic mass is 9.96. The molecule has 2 saturated heterocycles. The predicted octanol–water partition coefficient (Wildman–Crippen LogP) is 1.85. The van der Waals surface area contributed by atoms with Crippen LogP contribution in [-0.2, 0) is 6.18 Å². The number of fused-ring (bicyclic) bond motifs is 1. The maximum absolute atomic E-state index is 13.3. The minimum Gasteiger partial charge on any atom is -0.451 e. The van der Waals surface area contributed by atoms with E-state index < -0.39 is 11.7 Å². The summed E-state index contributed by atoms with van der Waals surface area (Å²) in [6.07, 6.45) is 2.12. The van der Waals surface area contributed by atoms with Crippen LogP contribution in [0.2, 0.25) is 0 Å². The zero-order chi connectivity index (χ0) is 25.6. The monoisotopic (exact) mass is 513 g/mol. The summed E-state index contributed by atoms with van der Waals surface area (Å²) in [4.78, 5) is 34.2. The van der Waals surface area contributed by atoms with E-state index in [1.54, 1.807) is 12.3 Å². The van der Waals surface area contributed by atoms with E-state index >= 15 is 0 Å². The predicted molar refractivity (Wildman–Crippen MR) is 124 cm³/mol. The highest BCUT2D eigenvalue weighted by Gasteiger charge is 2.38. The van der Waals surface area contributed by atoms with Crippen molar-refractivity contribution in [2.45, 2.75) is 12.2 Å². The summed E-state index contributed by atoms with van der Waals surface area (Å²) in [5.41, 5.74) is 6.42. The largest absolute Gasteiger partial charge is 0.451 e. The number of amides is 1. The number of hydrazine groups is 1. The molecule has 0 saturated carbocycles. The van der Waals surface area contributed by atoms with Gasteiger partial charge in [-0.2, -0.15) is 13.2 Å². The summed E-state index contributed by atoms with van der Waals surface area (Å²) in [6, 6.07) is 3.93. The SMILES string of the molecule is O=C(c1cocn1)N1CCN(c2ccnc(-c3cnc4ccc(C(F)(F)F)cn34)n2)CC1C1CNNC1. The number of hydrogen-bond acceptors (Lipinski definition) is 9. The van der Waals surface area contributed by atoms with Crippen molar-refractivity contribution in [2.75, 3.05) is 37.6 Å². The van der Waals surface area contributed by atoms with E-state index in [4.69, 9.17) is 4.42 Å². The fourth-order valence-electron chi connectivity index (χ4n) is 4.85. The minimum absolute atomic E-state index is 0.135. The molecule has 6 rings (SSSR count). The summed E-state index contributed by atoms with van der Waals surface area (Å²) in [5, 5.41) is 0. The summed E-state index contributed by atoms with van der Waals surface area (Å²) < 4.78 is 46.2. The number of oxazole rings is 1. The molecular weight excluding hydrogens is 491 g/mol. The first-order valence-electron chi connectivity index (χ1n) is 11.7. The molecule has 2 fully saturated rings. The average Bonchev–Trinajstić information content (AvgIpc) is 3.69. The molecule has 0 aromatic carbocycles. The van der Waals surface area contributed by atoms with Crippen molar-refractivity contribution in [3.05, 3.63) is 60.7 Å². The molecule has 1 unspecified atom stereocenters. The van der Waals surface area contributed by atoms with Crippen LogP contribution < -0.4 is 15.8 Å². The Morgan fingerprint density at radius 2 is 1.92 bits per heavy atom. The molecule has 4 aromatic heterocycles. The lowest BCUT2D eigenvalue weighted by Crippen LogP contribution is -2.59. The van der Waals surface area contributed by atoms with Crippen LogP contribution in [0.4, 0.5) is 19.0 Å². The first kappa shape index (κ1) is 23.4. The zero-order valence-corrected chi connectivity index (χ0v) is 19.4. The van der Waals surface area contributed by atoms with Crippen LogP contribution in [-0.4, -0.2) is 73.9 Å². The Morgan fingerprint density at radius 3 is 2.68 bits per heavy atom. The summed E-state index contributed by atoms with van der Waals surface area (Å²) in [6.45, 7) is 2.85. The van der Waals surface area contributed by atoms with Gasteiger partial charge in [0, 0.05) is 51.0 Å². The van der Waals surface area contributed by atoms with E-state index in [1.807, 2.05) is 4.90 Å². The second-order valence-corrected chi connectivity index (χ2v) is 8.93. The number of piperazine rings is 1. The van der Waals surface area contributed by atoms with Crippen LogP contribution in [0.3, 0.4) is 0 Å². The molecule has 0 radical (unpaired) electrons. The zero-order valence-electron chi connectivity index (χ0n) is 19.4. The van der Waals surface area contributed by atoms with E-state index in [0.29, 0.717) is 49.9 Å². The number of hydrogen-bond donors (Lipinski definition) is 2. The second kappa shape index (κ2) is 9.12. The Labute approximate surface area is 208 Å². The van der Waals surface area contributed by atoms with Crippen molar-refractivity contribution in [1.82, 2.24) is 40.1 Å². The van der Waals surface area contributed by atoms with Crippen molar-refractivity contribution in [3.8, 4) is 11.5 Å². The first-order chi connectivity index (χ1) is 17.9. The van der Waals surface area contributed by atoms with Gasteiger partial charge in [-0.3, -0.25) is 20.0 Å². The molecule has 6 heterocycles. The number of anilines is 1. The van der Waals surface area contributed by atoms with Crippen LogP contribution in [0.1, 0.15) is 16.1 Å². The third-order valence-electron chi connectivity index (χ3n) is 6.76. The highest BCUT2D eigenvalue weighted by Crippen LogP contribution is 2.31. The van der Waals surface area contributed by atoms with E-state index in [9.17, 15) is 18.0 Å². The topological polar surface area (TPSA) is 117 Å². The maximum Gasteiger partial charge on any atom is 0.417 e. The molecule has 2 aliphatic rings. The number of alkyl halides is 3. The van der Waals surface area contributed by atoms with Gasteiger partial charge in [-0.1, -0.05) is 0 Å². The lowest BCUT2D eigenvalue weighted by molar-refractivity contribution is -0.137.